The van der Waals surface area contributed by atoms with Crippen molar-refractivity contribution in [3.63, 3.8) is 0 Å². The van der Waals surface area contributed by atoms with Crippen LogP contribution in [0.5, 0.6) is 0 Å². The van der Waals surface area contributed by atoms with Gasteiger partial charge in [-0.2, -0.15) is 5.10 Å². The Morgan fingerprint density at radius 1 is 1.28 bits per heavy atom. The molecule has 7 heteroatoms. The highest BCUT2D eigenvalue weighted by Crippen LogP contribution is 2.16. The van der Waals surface area contributed by atoms with E-state index in [2.05, 4.69) is 32.1 Å². The van der Waals surface area contributed by atoms with Gasteiger partial charge in [-0.1, -0.05) is 6.92 Å². The van der Waals surface area contributed by atoms with Gasteiger partial charge in [-0.3, -0.25) is 4.79 Å². The molecule has 4 rings (SSSR count). The maximum atomic E-state index is 12.5. The van der Waals surface area contributed by atoms with Crippen molar-refractivity contribution in [3.8, 4) is 5.69 Å². The zero-order valence-electron chi connectivity index (χ0n) is 14.1. The molecule has 25 heavy (non-hydrogen) atoms. The summed E-state index contributed by atoms with van der Waals surface area (Å²) in [5.74, 6) is 1.95. The highest BCUT2D eigenvalue weighted by Gasteiger charge is 2.23. The summed E-state index contributed by atoms with van der Waals surface area (Å²) in [6.07, 6.45) is 6.18. The summed E-state index contributed by atoms with van der Waals surface area (Å²) < 4.78 is 3.90. The van der Waals surface area contributed by atoms with Gasteiger partial charge in [0.1, 0.15) is 11.6 Å². The number of carbonyl (C=O) groups is 1. The lowest BCUT2D eigenvalue weighted by Gasteiger charge is -2.25. The second-order valence-corrected chi connectivity index (χ2v) is 6.20. The molecule has 0 aliphatic carbocycles. The summed E-state index contributed by atoms with van der Waals surface area (Å²) in [6, 6.07) is 9.43. The fourth-order valence-electron chi connectivity index (χ4n) is 3.22. The van der Waals surface area contributed by atoms with Crippen molar-refractivity contribution in [3.05, 3.63) is 59.9 Å². The van der Waals surface area contributed by atoms with E-state index in [1.807, 2.05) is 36.5 Å². The van der Waals surface area contributed by atoms with Crippen molar-refractivity contribution in [1.29, 1.82) is 0 Å². The molecule has 1 aliphatic rings. The summed E-state index contributed by atoms with van der Waals surface area (Å²) in [7, 11) is 0. The zero-order chi connectivity index (χ0) is 17.2. The van der Waals surface area contributed by atoms with Gasteiger partial charge in [-0.15, -0.1) is 10.2 Å². The molecule has 0 fully saturated rings. The Labute approximate surface area is 145 Å². The van der Waals surface area contributed by atoms with Crippen LogP contribution in [0.25, 0.3) is 5.69 Å². The number of nitrogens with one attached hydrogen (secondary N) is 1. The van der Waals surface area contributed by atoms with E-state index in [9.17, 15) is 4.79 Å². The first-order valence-electron chi connectivity index (χ1n) is 8.56. The van der Waals surface area contributed by atoms with E-state index < -0.39 is 0 Å². The Morgan fingerprint density at radius 2 is 2.12 bits per heavy atom. The normalized spacial score (nSPS) is 16.4. The van der Waals surface area contributed by atoms with E-state index >= 15 is 0 Å². The number of benzene rings is 1. The largest absolute Gasteiger partial charge is 0.347 e. The minimum Gasteiger partial charge on any atom is -0.347 e. The van der Waals surface area contributed by atoms with Gasteiger partial charge in [-0.05, 0) is 36.8 Å². The monoisotopic (exact) mass is 336 g/mol. The van der Waals surface area contributed by atoms with E-state index in [4.69, 9.17) is 0 Å². The molecule has 7 nitrogen and oxygen atoms in total. The molecule has 1 N–H and O–H groups in total. The number of hydrogen-bond donors (Lipinski definition) is 1. The van der Waals surface area contributed by atoms with Crippen molar-refractivity contribution < 1.29 is 4.79 Å². The molecule has 1 amide bonds. The quantitative estimate of drug-likeness (QED) is 0.788. The molecule has 1 aromatic carbocycles. The fraction of sp³-hybridized carbons (Fsp3) is 0.333. The Bertz CT molecular complexity index is 852. The van der Waals surface area contributed by atoms with Crippen molar-refractivity contribution in [2.45, 2.75) is 38.8 Å². The summed E-state index contributed by atoms with van der Waals surface area (Å²) in [4.78, 5) is 12.5. The third-order valence-corrected chi connectivity index (χ3v) is 4.57. The minimum atomic E-state index is -0.0495. The molecule has 0 saturated carbocycles. The lowest BCUT2D eigenvalue weighted by Crippen LogP contribution is -2.41. The van der Waals surface area contributed by atoms with Crippen LogP contribution in [-0.2, 0) is 19.4 Å². The predicted molar refractivity (Wildman–Crippen MR) is 92.5 cm³/mol. The molecule has 0 saturated heterocycles. The van der Waals surface area contributed by atoms with E-state index in [-0.39, 0.29) is 11.9 Å². The number of fused-ring (bicyclic) bond motifs is 1. The fourth-order valence-corrected chi connectivity index (χ4v) is 3.22. The number of rotatable bonds is 4. The summed E-state index contributed by atoms with van der Waals surface area (Å²) in [5.41, 5.74) is 1.59. The molecule has 1 aliphatic heterocycles. The smallest absolute Gasteiger partial charge is 0.251 e. The second kappa shape index (κ2) is 6.51. The van der Waals surface area contributed by atoms with Crippen LogP contribution in [0.15, 0.2) is 42.7 Å². The van der Waals surface area contributed by atoms with Crippen LogP contribution in [0.1, 0.15) is 35.4 Å². The Balaban J connectivity index is 1.44. The summed E-state index contributed by atoms with van der Waals surface area (Å²) >= 11 is 0. The SMILES string of the molecule is CCc1nnc2n1C[C@@H](NC(=O)c1ccc(-n3cccn3)cc1)CC2. The van der Waals surface area contributed by atoms with Gasteiger partial charge in [0.2, 0.25) is 0 Å². The number of aromatic nitrogens is 5. The first-order chi connectivity index (χ1) is 12.2. The van der Waals surface area contributed by atoms with Gasteiger partial charge in [0.25, 0.3) is 5.91 Å². The van der Waals surface area contributed by atoms with E-state index in [0.29, 0.717) is 5.56 Å². The highest BCUT2D eigenvalue weighted by atomic mass is 16.1. The van der Waals surface area contributed by atoms with E-state index in [1.54, 1.807) is 10.9 Å². The lowest BCUT2D eigenvalue weighted by molar-refractivity contribution is 0.0927. The van der Waals surface area contributed by atoms with Crippen LogP contribution < -0.4 is 5.32 Å². The van der Waals surface area contributed by atoms with Crippen LogP contribution in [0.3, 0.4) is 0 Å². The number of hydrogen-bond acceptors (Lipinski definition) is 4. The van der Waals surface area contributed by atoms with Crippen LogP contribution in [-0.4, -0.2) is 36.5 Å². The second-order valence-electron chi connectivity index (χ2n) is 6.20. The first-order valence-corrected chi connectivity index (χ1v) is 8.56. The maximum Gasteiger partial charge on any atom is 0.251 e. The van der Waals surface area contributed by atoms with Gasteiger partial charge in [0, 0.05) is 43.4 Å². The number of aryl methyl sites for hydroxylation is 2. The topological polar surface area (TPSA) is 77.6 Å². The number of carbonyl (C=O) groups excluding carboxylic acids is 1. The van der Waals surface area contributed by atoms with E-state index in [0.717, 1.165) is 43.1 Å². The van der Waals surface area contributed by atoms with Gasteiger partial charge in [-0.25, -0.2) is 4.68 Å². The third-order valence-electron chi connectivity index (χ3n) is 4.57. The molecule has 0 unspecified atom stereocenters. The van der Waals surface area contributed by atoms with Crippen molar-refractivity contribution >= 4 is 5.91 Å². The Hall–Kier alpha value is -2.96. The average molecular weight is 336 g/mol. The first kappa shape index (κ1) is 15.6. The van der Waals surface area contributed by atoms with Crippen LogP contribution in [0, 0.1) is 0 Å². The third kappa shape index (κ3) is 3.05. The molecule has 3 heterocycles. The van der Waals surface area contributed by atoms with Crippen molar-refractivity contribution in [1.82, 2.24) is 29.9 Å². The molecule has 0 bridgehead atoms. The standard InChI is InChI=1S/C18H20N6O/c1-2-16-21-22-17-9-6-14(12-23(16)17)20-18(25)13-4-7-15(8-5-13)24-11-3-10-19-24/h3-5,7-8,10-11,14H,2,6,9,12H2,1H3,(H,20,25)/t14-/m0/s1. The summed E-state index contributed by atoms with van der Waals surface area (Å²) in [6.45, 7) is 2.81. The molecule has 1 atom stereocenters. The zero-order valence-corrected chi connectivity index (χ0v) is 14.1. The molecule has 0 spiro atoms. The van der Waals surface area contributed by atoms with Crippen LogP contribution >= 0.6 is 0 Å². The number of amides is 1. The van der Waals surface area contributed by atoms with Gasteiger partial charge >= 0.3 is 0 Å². The van der Waals surface area contributed by atoms with Crippen LogP contribution in [0.2, 0.25) is 0 Å². The molecule has 128 valence electrons. The molecule has 2 aromatic heterocycles. The van der Waals surface area contributed by atoms with Crippen molar-refractivity contribution in [2.75, 3.05) is 0 Å². The van der Waals surface area contributed by atoms with Gasteiger partial charge in [0.05, 0.1) is 5.69 Å². The molecule has 0 radical (unpaired) electrons. The Kier molecular flexibility index (Phi) is 4.05. The molecular weight excluding hydrogens is 316 g/mol. The average Bonchev–Trinajstić information content (AvgIpc) is 3.31. The number of nitrogens with zero attached hydrogens (tertiary/aromatic N) is 5. The minimum absolute atomic E-state index is 0.0495. The van der Waals surface area contributed by atoms with E-state index in [1.165, 1.54) is 0 Å². The maximum absolute atomic E-state index is 12.5. The van der Waals surface area contributed by atoms with Gasteiger partial charge < -0.3 is 9.88 Å². The van der Waals surface area contributed by atoms with Gasteiger partial charge in [0.15, 0.2) is 0 Å². The molecule has 3 aromatic rings. The highest BCUT2D eigenvalue weighted by molar-refractivity contribution is 5.94. The lowest BCUT2D eigenvalue weighted by atomic mass is 10.1. The Morgan fingerprint density at radius 3 is 2.84 bits per heavy atom. The predicted octanol–water partition coefficient (Wildman–Crippen LogP) is 1.77. The van der Waals surface area contributed by atoms with Crippen molar-refractivity contribution in [2.24, 2.45) is 0 Å². The summed E-state index contributed by atoms with van der Waals surface area (Å²) in [5, 5.41) is 15.8. The van der Waals surface area contributed by atoms with Crippen LogP contribution in [0.4, 0.5) is 0 Å². The molecular formula is C18H20N6O.